The maximum Gasteiger partial charge on any atom is 0.252 e. The van der Waals surface area contributed by atoms with Gasteiger partial charge in [0.05, 0.1) is 38.0 Å². The number of carbonyl (C=O) groups is 1. The van der Waals surface area contributed by atoms with E-state index in [1.165, 1.54) is 32.4 Å². The lowest BCUT2D eigenvalue weighted by molar-refractivity contribution is 0.0882. The summed E-state index contributed by atoms with van der Waals surface area (Å²) in [6, 6.07) is 13.2. The molecule has 1 N–H and O–H groups in total. The molecule has 0 saturated carbocycles. The first kappa shape index (κ1) is 34.3. The maximum atomic E-state index is 14.5. The van der Waals surface area contributed by atoms with Crippen LogP contribution in [0, 0.1) is 0 Å². The standard InChI is InChI=1S/C37H47ClN4O3S/c1-6-13-26(4)36-31(24-41-20-16-29(17-21-41)42-18-11-8-12-19-42)35(37(43)39-27(5)28-14-9-7-10-15-28)30-22-34(46(44,45)25(2)3)32(38)23-33(30)40-36/h6-7,9-10,13-15,22-23,25,27,29H,4,8,11-12,16-21,24H2,1-3,5H3,(H,39,43)/b13-6-/t27-/m0/s1. The Morgan fingerprint density at radius 3 is 2.37 bits per heavy atom. The van der Waals surface area contributed by atoms with Gasteiger partial charge < -0.3 is 10.2 Å². The van der Waals surface area contributed by atoms with Crippen molar-refractivity contribution >= 4 is 43.8 Å². The number of carbonyl (C=O) groups excluding carboxylic acids is 1. The third-order valence-corrected chi connectivity index (χ3v) is 12.1. The molecule has 1 atom stereocenters. The predicted octanol–water partition coefficient (Wildman–Crippen LogP) is 7.60. The Morgan fingerprint density at radius 1 is 1.07 bits per heavy atom. The highest BCUT2D eigenvalue weighted by molar-refractivity contribution is 7.92. The number of rotatable bonds is 10. The number of amides is 1. The fourth-order valence-corrected chi connectivity index (χ4v) is 8.38. The Kier molecular flexibility index (Phi) is 11.0. The normalized spacial score (nSPS) is 18.0. The first-order valence-corrected chi connectivity index (χ1v) is 18.5. The van der Waals surface area contributed by atoms with Crippen molar-refractivity contribution < 1.29 is 13.2 Å². The lowest BCUT2D eigenvalue weighted by Gasteiger charge is -2.40. The van der Waals surface area contributed by atoms with Gasteiger partial charge >= 0.3 is 0 Å². The molecule has 0 spiro atoms. The van der Waals surface area contributed by atoms with Crippen LogP contribution in [-0.4, -0.2) is 66.6 Å². The van der Waals surface area contributed by atoms with E-state index in [1.54, 1.807) is 26.0 Å². The third kappa shape index (κ3) is 7.41. The van der Waals surface area contributed by atoms with E-state index in [9.17, 15) is 13.2 Å². The van der Waals surface area contributed by atoms with Crippen LogP contribution in [0.3, 0.4) is 0 Å². The smallest absolute Gasteiger partial charge is 0.252 e. The highest BCUT2D eigenvalue weighted by Crippen LogP contribution is 2.36. The largest absolute Gasteiger partial charge is 0.345 e. The Hall–Kier alpha value is -3.04. The average Bonchev–Trinajstić information content (AvgIpc) is 3.05. The Labute approximate surface area is 279 Å². The molecule has 7 nitrogen and oxygen atoms in total. The van der Waals surface area contributed by atoms with Gasteiger partial charge in [0.2, 0.25) is 0 Å². The summed E-state index contributed by atoms with van der Waals surface area (Å²) in [5.74, 6) is -0.285. The number of aromatic nitrogens is 1. The number of benzene rings is 2. The third-order valence-electron chi connectivity index (χ3n) is 9.46. The molecule has 2 aliphatic heterocycles. The summed E-state index contributed by atoms with van der Waals surface area (Å²) < 4.78 is 26.8. The lowest BCUT2D eigenvalue weighted by atomic mass is 9.94. The van der Waals surface area contributed by atoms with Crippen molar-refractivity contribution in [2.45, 2.75) is 88.6 Å². The number of allylic oxidation sites excluding steroid dienone is 3. The summed E-state index contributed by atoms with van der Waals surface area (Å²) in [4.78, 5) is 24.6. The van der Waals surface area contributed by atoms with Gasteiger partial charge in [0.15, 0.2) is 9.84 Å². The Morgan fingerprint density at radius 2 is 1.74 bits per heavy atom. The summed E-state index contributed by atoms with van der Waals surface area (Å²) in [6.07, 6.45) is 9.83. The summed E-state index contributed by atoms with van der Waals surface area (Å²) >= 11 is 6.63. The summed E-state index contributed by atoms with van der Waals surface area (Å²) in [7, 11) is -3.73. The number of pyridine rings is 1. The van der Waals surface area contributed by atoms with E-state index in [1.807, 2.05) is 56.3 Å². The van der Waals surface area contributed by atoms with E-state index in [0.29, 0.717) is 40.3 Å². The van der Waals surface area contributed by atoms with Gasteiger partial charge in [-0.15, -0.1) is 0 Å². The zero-order valence-electron chi connectivity index (χ0n) is 27.6. The van der Waals surface area contributed by atoms with Gasteiger partial charge in [-0.3, -0.25) is 9.69 Å². The molecule has 2 fully saturated rings. The van der Waals surface area contributed by atoms with Gasteiger partial charge in [-0.2, -0.15) is 0 Å². The van der Waals surface area contributed by atoms with Crippen LogP contribution in [0.1, 0.15) is 93.0 Å². The molecule has 46 heavy (non-hydrogen) atoms. The molecule has 5 rings (SSSR count). The minimum absolute atomic E-state index is 0.0111. The van der Waals surface area contributed by atoms with Gasteiger partial charge in [-0.25, -0.2) is 13.4 Å². The van der Waals surface area contributed by atoms with E-state index >= 15 is 0 Å². The fraction of sp³-hybridized carbons (Fsp3) is 0.459. The molecule has 0 aliphatic carbocycles. The number of halogens is 1. The first-order valence-electron chi connectivity index (χ1n) is 16.6. The molecule has 1 amide bonds. The Bertz CT molecular complexity index is 1710. The summed E-state index contributed by atoms with van der Waals surface area (Å²) in [5, 5.41) is 3.08. The molecule has 3 aromatic rings. The van der Waals surface area contributed by atoms with Crippen molar-refractivity contribution in [3.05, 3.63) is 88.6 Å². The summed E-state index contributed by atoms with van der Waals surface area (Å²) in [5.41, 5.74) is 3.90. The lowest BCUT2D eigenvalue weighted by Crippen LogP contribution is -2.46. The molecule has 0 radical (unpaired) electrons. The molecule has 0 unspecified atom stereocenters. The van der Waals surface area contributed by atoms with E-state index in [2.05, 4.69) is 21.7 Å². The van der Waals surface area contributed by atoms with Crippen LogP contribution in [0.25, 0.3) is 16.5 Å². The zero-order chi connectivity index (χ0) is 33.0. The van der Waals surface area contributed by atoms with Crippen molar-refractivity contribution in [3.8, 4) is 0 Å². The molecule has 9 heteroatoms. The van der Waals surface area contributed by atoms with Gasteiger partial charge in [0.25, 0.3) is 5.91 Å². The van der Waals surface area contributed by atoms with E-state index < -0.39 is 15.1 Å². The number of sulfone groups is 1. The minimum Gasteiger partial charge on any atom is -0.345 e. The highest BCUT2D eigenvalue weighted by Gasteiger charge is 2.31. The van der Waals surface area contributed by atoms with Gasteiger partial charge in [-0.1, -0.05) is 67.1 Å². The molecule has 0 bridgehead atoms. The second-order valence-corrected chi connectivity index (χ2v) is 15.8. The van der Waals surface area contributed by atoms with E-state index in [0.717, 1.165) is 37.1 Å². The van der Waals surface area contributed by atoms with Gasteiger partial charge in [0.1, 0.15) is 0 Å². The number of piperidine rings is 2. The number of nitrogens with one attached hydrogen (secondary N) is 1. The quantitative estimate of drug-likeness (QED) is 0.225. The van der Waals surface area contributed by atoms with Crippen LogP contribution < -0.4 is 5.32 Å². The van der Waals surface area contributed by atoms with Crippen molar-refractivity contribution in [2.24, 2.45) is 0 Å². The molecule has 1 aromatic heterocycles. The Balaban J connectivity index is 1.63. The SMILES string of the molecule is C=C(/C=C\C)c1nc2cc(Cl)c(S(=O)(=O)C(C)C)cc2c(C(=O)N[C@@H](C)c2ccccc2)c1CN1CCC(N2CCCCC2)CC1. The number of likely N-dealkylation sites (tertiary alicyclic amines) is 2. The molecule has 2 aliphatic rings. The van der Waals surface area contributed by atoms with Crippen LogP contribution in [-0.2, 0) is 16.4 Å². The maximum absolute atomic E-state index is 14.5. The molecule has 2 aromatic carbocycles. The van der Waals surface area contributed by atoms with Gasteiger partial charge in [0, 0.05) is 23.5 Å². The first-order chi connectivity index (χ1) is 22.0. The van der Waals surface area contributed by atoms with Crippen molar-refractivity contribution in [3.63, 3.8) is 0 Å². The van der Waals surface area contributed by atoms with Crippen LogP contribution in [0.15, 0.2) is 66.1 Å². The average molecular weight is 663 g/mol. The van der Waals surface area contributed by atoms with Gasteiger partial charge in [-0.05, 0) is 103 Å². The molecule has 3 heterocycles. The molecule has 246 valence electrons. The van der Waals surface area contributed by atoms with Crippen LogP contribution in [0.5, 0.6) is 0 Å². The zero-order valence-corrected chi connectivity index (χ0v) is 29.1. The summed E-state index contributed by atoms with van der Waals surface area (Å²) in [6.45, 7) is 16.1. The second-order valence-electron chi connectivity index (χ2n) is 12.9. The van der Waals surface area contributed by atoms with Crippen molar-refractivity contribution in [1.29, 1.82) is 0 Å². The van der Waals surface area contributed by atoms with Crippen molar-refractivity contribution in [1.82, 2.24) is 20.1 Å². The monoisotopic (exact) mass is 662 g/mol. The van der Waals surface area contributed by atoms with E-state index in [4.69, 9.17) is 16.6 Å². The van der Waals surface area contributed by atoms with Crippen molar-refractivity contribution in [2.75, 3.05) is 26.2 Å². The minimum atomic E-state index is -3.73. The predicted molar refractivity (Wildman–Crippen MR) is 189 cm³/mol. The van der Waals surface area contributed by atoms with Crippen LogP contribution in [0.4, 0.5) is 0 Å². The number of hydrogen-bond acceptors (Lipinski definition) is 6. The number of hydrogen-bond donors (Lipinski definition) is 1. The number of nitrogens with zero attached hydrogens (tertiary/aromatic N) is 3. The topological polar surface area (TPSA) is 82.6 Å². The molecular weight excluding hydrogens is 616 g/mol. The highest BCUT2D eigenvalue weighted by atomic mass is 35.5. The van der Waals surface area contributed by atoms with Crippen LogP contribution in [0.2, 0.25) is 5.02 Å². The second kappa shape index (κ2) is 14.8. The molecular formula is C37H47ClN4O3S. The van der Waals surface area contributed by atoms with Crippen LogP contribution >= 0.6 is 11.6 Å². The fourth-order valence-electron chi connectivity index (χ4n) is 6.78. The van der Waals surface area contributed by atoms with E-state index in [-0.39, 0.29) is 21.9 Å². The molecule has 2 saturated heterocycles. The number of fused-ring (bicyclic) bond motifs is 1.